The molecule has 1 fully saturated rings. The summed E-state index contributed by atoms with van der Waals surface area (Å²) in [5, 5.41) is 8.98. The molecule has 0 radical (unpaired) electrons. The molecular weight excluding hydrogens is 280 g/mol. The number of piperidine rings is 1. The Balaban J connectivity index is 2.12. The molecule has 1 N–H and O–H groups in total. The van der Waals surface area contributed by atoms with Gasteiger partial charge in [-0.15, -0.1) is 0 Å². The molecule has 20 heavy (non-hydrogen) atoms. The minimum absolute atomic E-state index is 0.00932. The summed E-state index contributed by atoms with van der Waals surface area (Å²) in [5.74, 6) is -0.609. The van der Waals surface area contributed by atoms with Crippen molar-refractivity contribution in [3.63, 3.8) is 0 Å². The van der Waals surface area contributed by atoms with Gasteiger partial charge in [-0.1, -0.05) is 18.3 Å². The number of aromatic carboxylic acids is 1. The quantitative estimate of drug-likeness (QED) is 0.908. The Kier molecular flexibility index (Phi) is 4.27. The Hall–Kier alpha value is -1.63. The lowest BCUT2D eigenvalue weighted by molar-refractivity contribution is -0.133. The van der Waals surface area contributed by atoms with Gasteiger partial charge in [-0.2, -0.15) is 0 Å². The van der Waals surface area contributed by atoms with Crippen LogP contribution in [0.2, 0.25) is 0 Å². The van der Waals surface area contributed by atoms with Crippen molar-refractivity contribution in [3.05, 3.63) is 20.2 Å². The van der Waals surface area contributed by atoms with Gasteiger partial charge in [-0.25, -0.2) is 4.79 Å². The van der Waals surface area contributed by atoms with Crippen LogP contribution < -0.4 is 4.87 Å². The van der Waals surface area contributed by atoms with Crippen LogP contribution in [0.5, 0.6) is 0 Å². The molecule has 0 saturated carbocycles. The van der Waals surface area contributed by atoms with Gasteiger partial charge in [0, 0.05) is 18.8 Å². The Morgan fingerprint density at radius 1 is 1.35 bits per heavy atom. The molecule has 1 aliphatic heterocycles. The van der Waals surface area contributed by atoms with Crippen LogP contribution in [-0.4, -0.2) is 39.5 Å². The maximum absolute atomic E-state index is 12.2. The molecule has 1 aromatic heterocycles. The van der Waals surface area contributed by atoms with Gasteiger partial charge in [0.25, 0.3) is 0 Å². The number of carboxylic acids is 1. The Morgan fingerprint density at radius 3 is 2.45 bits per heavy atom. The smallest absolute Gasteiger partial charge is 0.347 e. The van der Waals surface area contributed by atoms with E-state index in [-0.39, 0.29) is 17.3 Å². The van der Waals surface area contributed by atoms with Crippen LogP contribution in [-0.2, 0) is 11.3 Å². The Morgan fingerprint density at radius 2 is 1.95 bits per heavy atom. The predicted octanol–water partition coefficient (Wildman–Crippen LogP) is 1.17. The van der Waals surface area contributed by atoms with Gasteiger partial charge < -0.3 is 10.0 Å². The van der Waals surface area contributed by atoms with E-state index in [1.165, 1.54) is 4.57 Å². The van der Waals surface area contributed by atoms with Crippen molar-refractivity contribution >= 4 is 23.2 Å². The highest BCUT2D eigenvalue weighted by atomic mass is 32.1. The van der Waals surface area contributed by atoms with Crippen molar-refractivity contribution in [3.8, 4) is 0 Å². The van der Waals surface area contributed by atoms with Gasteiger partial charge in [-0.05, 0) is 25.7 Å². The van der Waals surface area contributed by atoms with E-state index in [1.54, 1.807) is 11.8 Å². The summed E-state index contributed by atoms with van der Waals surface area (Å²) in [4.78, 5) is 36.3. The number of amides is 1. The summed E-state index contributed by atoms with van der Waals surface area (Å²) < 4.78 is 1.26. The van der Waals surface area contributed by atoms with E-state index in [4.69, 9.17) is 5.11 Å². The van der Waals surface area contributed by atoms with E-state index in [1.807, 2.05) is 0 Å². The van der Waals surface area contributed by atoms with Crippen molar-refractivity contribution in [2.75, 3.05) is 13.1 Å². The second-order valence-electron chi connectivity index (χ2n) is 5.24. The normalized spacial score (nSPS) is 16.4. The number of thiazole rings is 1. The molecule has 0 bridgehead atoms. The highest BCUT2D eigenvalue weighted by Crippen LogP contribution is 2.17. The molecule has 0 aromatic carbocycles. The standard InChI is InChI=1S/C13H18N2O4S/c1-8-3-5-14(6-4-8)10(16)7-15-9(2)11(12(17)18)20-13(15)19/h8H,3-7H2,1-2H3,(H,17,18). The van der Waals surface area contributed by atoms with Crippen LogP contribution in [0.15, 0.2) is 4.79 Å². The number of carbonyl (C=O) groups is 2. The zero-order valence-electron chi connectivity index (χ0n) is 11.6. The predicted molar refractivity (Wildman–Crippen MR) is 75.3 cm³/mol. The van der Waals surface area contributed by atoms with Crippen molar-refractivity contribution in [1.82, 2.24) is 9.47 Å². The fourth-order valence-corrected chi connectivity index (χ4v) is 3.18. The number of hydrogen-bond acceptors (Lipinski definition) is 4. The molecular formula is C13H18N2O4S. The third-order valence-corrected chi connectivity index (χ3v) is 4.84. The zero-order valence-corrected chi connectivity index (χ0v) is 12.4. The number of hydrogen-bond donors (Lipinski definition) is 1. The maximum Gasteiger partial charge on any atom is 0.347 e. The Bertz CT molecular complexity index is 582. The highest BCUT2D eigenvalue weighted by Gasteiger charge is 2.23. The second kappa shape index (κ2) is 5.78. The van der Waals surface area contributed by atoms with E-state index in [9.17, 15) is 14.4 Å². The van der Waals surface area contributed by atoms with Gasteiger partial charge in [0.15, 0.2) is 0 Å². The average molecular weight is 298 g/mol. The Labute approximate surface area is 120 Å². The molecule has 1 aromatic rings. The highest BCUT2D eigenvalue weighted by molar-refractivity contribution is 7.11. The molecule has 0 aliphatic carbocycles. The van der Waals surface area contributed by atoms with Crippen molar-refractivity contribution in [1.29, 1.82) is 0 Å². The van der Waals surface area contributed by atoms with E-state index in [2.05, 4.69) is 6.92 Å². The SMILES string of the molecule is Cc1c(C(=O)O)sc(=O)n1CC(=O)N1CCC(C)CC1. The van der Waals surface area contributed by atoms with Crippen LogP contribution in [0.4, 0.5) is 0 Å². The fraction of sp³-hybridized carbons (Fsp3) is 0.615. The summed E-state index contributed by atoms with van der Waals surface area (Å²) in [5.41, 5.74) is 0.353. The molecule has 1 saturated heterocycles. The van der Waals surface area contributed by atoms with Gasteiger partial charge in [0.1, 0.15) is 11.4 Å². The number of aromatic nitrogens is 1. The largest absolute Gasteiger partial charge is 0.477 e. The first kappa shape index (κ1) is 14.8. The number of carbonyl (C=O) groups excluding carboxylic acids is 1. The number of likely N-dealkylation sites (tertiary alicyclic amines) is 1. The molecule has 0 spiro atoms. The minimum Gasteiger partial charge on any atom is -0.477 e. The number of rotatable bonds is 3. The zero-order chi connectivity index (χ0) is 14.9. The third kappa shape index (κ3) is 2.92. The first-order valence-corrected chi connectivity index (χ1v) is 7.43. The van der Waals surface area contributed by atoms with Gasteiger partial charge in [0.2, 0.25) is 5.91 Å². The van der Waals surface area contributed by atoms with E-state index < -0.39 is 10.8 Å². The van der Waals surface area contributed by atoms with Crippen molar-refractivity contribution in [2.24, 2.45) is 5.92 Å². The van der Waals surface area contributed by atoms with E-state index >= 15 is 0 Å². The van der Waals surface area contributed by atoms with Crippen molar-refractivity contribution < 1.29 is 14.7 Å². The van der Waals surface area contributed by atoms with E-state index in [0.717, 1.165) is 12.8 Å². The molecule has 110 valence electrons. The van der Waals surface area contributed by atoms with Gasteiger partial charge in [-0.3, -0.25) is 14.2 Å². The first-order valence-electron chi connectivity index (χ1n) is 6.61. The summed E-state index contributed by atoms with van der Waals surface area (Å²) in [6.45, 7) is 5.08. The fourth-order valence-electron chi connectivity index (χ4n) is 2.35. The van der Waals surface area contributed by atoms with Crippen LogP contribution in [0, 0.1) is 12.8 Å². The molecule has 7 heteroatoms. The number of carboxylic acid groups (broad SMARTS) is 1. The molecule has 6 nitrogen and oxygen atoms in total. The molecule has 0 atom stereocenters. The lowest BCUT2D eigenvalue weighted by atomic mass is 9.99. The molecule has 2 heterocycles. The molecule has 1 amide bonds. The summed E-state index contributed by atoms with van der Waals surface area (Å²) >= 11 is 0.675. The lowest BCUT2D eigenvalue weighted by Gasteiger charge is -2.30. The van der Waals surface area contributed by atoms with E-state index in [0.29, 0.717) is 36.0 Å². The minimum atomic E-state index is -1.12. The molecule has 1 aliphatic rings. The topological polar surface area (TPSA) is 79.6 Å². The van der Waals surface area contributed by atoms with Gasteiger partial charge >= 0.3 is 10.8 Å². The first-order chi connectivity index (χ1) is 9.40. The summed E-state index contributed by atoms with van der Waals surface area (Å²) in [6.07, 6.45) is 1.95. The van der Waals surface area contributed by atoms with Crippen LogP contribution in [0.1, 0.15) is 35.1 Å². The second-order valence-corrected chi connectivity index (χ2v) is 6.20. The molecule has 2 rings (SSSR count). The van der Waals surface area contributed by atoms with Crippen LogP contribution in [0.3, 0.4) is 0 Å². The summed E-state index contributed by atoms with van der Waals surface area (Å²) in [7, 11) is 0. The van der Waals surface area contributed by atoms with Crippen LogP contribution >= 0.6 is 11.3 Å². The van der Waals surface area contributed by atoms with Gasteiger partial charge in [0.05, 0.1) is 0 Å². The van der Waals surface area contributed by atoms with Crippen LogP contribution in [0.25, 0.3) is 0 Å². The van der Waals surface area contributed by atoms with Crippen molar-refractivity contribution in [2.45, 2.75) is 33.2 Å². The average Bonchev–Trinajstić information content (AvgIpc) is 2.67. The lowest BCUT2D eigenvalue weighted by Crippen LogP contribution is -2.40. The monoisotopic (exact) mass is 298 g/mol. The number of nitrogens with zero attached hydrogens (tertiary/aromatic N) is 2. The maximum atomic E-state index is 12.2. The summed E-state index contributed by atoms with van der Waals surface area (Å²) in [6, 6.07) is 0. The molecule has 0 unspecified atom stereocenters. The third-order valence-electron chi connectivity index (χ3n) is 3.77.